The zero-order valence-electron chi connectivity index (χ0n) is 16.2. The molecule has 2 aliphatic rings. The van der Waals surface area contributed by atoms with Crippen LogP contribution in [0.5, 0.6) is 0 Å². The standard InChI is InChI=1S/C22H42S/c1-4-6-8-9-19-10-12-20(13-11-19)21-14-17-22(23-3,18-15-21)16-7-5-2/h19-21H,4-18H2,1-3H3. The van der Waals surface area contributed by atoms with Crippen LogP contribution in [0.2, 0.25) is 0 Å². The second-order valence-corrected chi connectivity index (χ2v) is 9.88. The van der Waals surface area contributed by atoms with Crippen LogP contribution in [0.3, 0.4) is 0 Å². The average Bonchev–Trinajstić information content (AvgIpc) is 2.61. The van der Waals surface area contributed by atoms with Crippen molar-refractivity contribution in [3.8, 4) is 0 Å². The van der Waals surface area contributed by atoms with Gasteiger partial charge in [0, 0.05) is 4.75 Å². The van der Waals surface area contributed by atoms with E-state index in [1.807, 2.05) is 0 Å². The van der Waals surface area contributed by atoms with Gasteiger partial charge in [-0.25, -0.2) is 0 Å². The molecular weight excluding hydrogens is 296 g/mol. The molecule has 0 bridgehead atoms. The van der Waals surface area contributed by atoms with Crippen molar-refractivity contribution in [3.63, 3.8) is 0 Å². The highest BCUT2D eigenvalue weighted by Crippen LogP contribution is 2.48. The number of hydrogen-bond donors (Lipinski definition) is 0. The Kier molecular flexibility index (Phi) is 8.87. The summed E-state index contributed by atoms with van der Waals surface area (Å²) >= 11 is 2.19. The minimum Gasteiger partial charge on any atom is -0.159 e. The first-order valence-electron chi connectivity index (χ1n) is 10.8. The van der Waals surface area contributed by atoms with Gasteiger partial charge < -0.3 is 0 Å². The smallest absolute Gasteiger partial charge is 0.0157 e. The molecule has 0 amide bonds. The Morgan fingerprint density at radius 3 is 1.96 bits per heavy atom. The van der Waals surface area contributed by atoms with E-state index < -0.39 is 0 Å². The van der Waals surface area contributed by atoms with Gasteiger partial charge in [0.2, 0.25) is 0 Å². The molecule has 0 radical (unpaired) electrons. The summed E-state index contributed by atoms with van der Waals surface area (Å²) < 4.78 is 0.657. The van der Waals surface area contributed by atoms with Crippen LogP contribution in [0.1, 0.15) is 110 Å². The molecule has 0 unspecified atom stereocenters. The van der Waals surface area contributed by atoms with Gasteiger partial charge >= 0.3 is 0 Å². The van der Waals surface area contributed by atoms with E-state index >= 15 is 0 Å². The molecule has 23 heavy (non-hydrogen) atoms. The van der Waals surface area contributed by atoms with Gasteiger partial charge in [0.15, 0.2) is 0 Å². The van der Waals surface area contributed by atoms with Gasteiger partial charge in [-0.2, -0.15) is 11.8 Å². The minimum atomic E-state index is 0.657. The third kappa shape index (κ3) is 5.98. The number of thioether (sulfide) groups is 1. The van der Waals surface area contributed by atoms with Gasteiger partial charge in [-0.15, -0.1) is 0 Å². The Bertz CT molecular complexity index is 295. The summed E-state index contributed by atoms with van der Waals surface area (Å²) in [4.78, 5) is 0. The highest BCUT2D eigenvalue weighted by Gasteiger charge is 2.37. The fourth-order valence-corrected chi connectivity index (χ4v) is 6.32. The minimum absolute atomic E-state index is 0.657. The van der Waals surface area contributed by atoms with Crippen LogP contribution < -0.4 is 0 Å². The van der Waals surface area contributed by atoms with E-state index in [4.69, 9.17) is 0 Å². The van der Waals surface area contributed by atoms with Gasteiger partial charge in [0.25, 0.3) is 0 Å². The van der Waals surface area contributed by atoms with Crippen LogP contribution in [0, 0.1) is 17.8 Å². The van der Waals surface area contributed by atoms with Crippen molar-refractivity contribution in [2.24, 2.45) is 17.8 Å². The molecule has 0 aromatic rings. The van der Waals surface area contributed by atoms with Crippen LogP contribution in [0.15, 0.2) is 0 Å². The van der Waals surface area contributed by atoms with Gasteiger partial charge in [-0.3, -0.25) is 0 Å². The Balaban J connectivity index is 1.70. The Hall–Kier alpha value is 0.350. The lowest BCUT2D eigenvalue weighted by molar-refractivity contribution is 0.148. The van der Waals surface area contributed by atoms with Gasteiger partial charge in [0.05, 0.1) is 0 Å². The normalized spacial score (nSPS) is 35.3. The maximum absolute atomic E-state index is 2.37. The van der Waals surface area contributed by atoms with E-state index in [2.05, 4.69) is 31.9 Å². The highest BCUT2D eigenvalue weighted by atomic mass is 32.2. The van der Waals surface area contributed by atoms with E-state index in [1.165, 1.54) is 70.6 Å². The lowest BCUT2D eigenvalue weighted by Gasteiger charge is -2.43. The Morgan fingerprint density at radius 1 is 0.783 bits per heavy atom. The molecule has 0 atom stereocenters. The second-order valence-electron chi connectivity index (χ2n) is 8.60. The molecule has 0 N–H and O–H groups in total. The molecule has 2 fully saturated rings. The molecule has 136 valence electrons. The number of hydrogen-bond acceptors (Lipinski definition) is 1. The summed E-state index contributed by atoms with van der Waals surface area (Å²) in [5.74, 6) is 3.24. The molecule has 0 saturated heterocycles. The first-order valence-corrected chi connectivity index (χ1v) is 12.0. The van der Waals surface area contributed by atoms with Crippen LogP contribution in [-0.4, -0.2) is 11.0 Å². The van der Waals surface area contributed by atoms with Crippen molar-refractivity contribution >= 4 is 11.8 Å². The molecule has 1 heteroatoms. The summed E-state index contributed by atoms with van der Waals surface area (Å²) in [6, 6.07) is 0. The lowest BCUT2D eigenvalue weighted by Crippen LogP contribution is -2.34. The molecule has 2 aliphatic carbocycles. The molecule has 2 rings (SSSR count). The van der Waals surface area contributed by atoms with Crippen molar-refractivity contribution in [2.45, 2.75) is 115 Å². The predicted molar refractivity (Wildman–Crippen MR) is 107 cm³/mol. The van der Waals surface area contributed by atoms with Crippen LogP contribution in [0.25, 0.3) is 0 Å². The summed E-state index contributed by atoms with van der Waals surface area (Å²) in [5.41, 5.74) is 0. The topological polar surface area (TPSA) is 0 Å². The van der Waals surface area contributed by atoms with Crippen LogP contribution >= 0.6 is 11.8 Å². The Labute approximate surface area is 151 Å². The van der Waals surface area contributed by atoms with Crippen molar-refractivity contribution in [2.75, 3.05) is 6.26 Å². The first kappa shape index (κ1) is 19.7. The molecule has 0 aromatic heterocycles. The highest BCUT2D eigenvalue weighted by molar-refractivity contribution is 8.00. The van der Waals surface area contributed by atoms with Gasteiger partial charge in [-0.05, 0) is 69.0 Å². The lowest BCUT2D eigenvalue weighted by atomic mass is 9.68. The molecule has 0 heterocycles. The molecule has 0 spiro atoms. The van der Waals surface area contributed by atoms with Gasteiger partial charge in [0.1, 0.15) is 0 Å². The third-order valence-corrected chi connectivity index (χ3v) is 8.61. The average molecular weight is 339 g/mol. The maximum atomic E-state index is 2.37. The van der Waals surface area contributed by atoms with Crippen molar-refractivity contribution in [1.29, 1.82) is 0 Å². The largest absolute Gasteiger partial charge is 0.159 e. The zero-order valence-corrected chi connectivity index (χ0v) is 17.1. The monoisotopic (exact) mass is 338 g/mol. The summed E-state index contributed by atoms with van der Waals surface area (Å²) in [6.07, 6.45) is 24.8. The number of unbranched alkanes of at least 4 members (excludes halogenated alkanes) is 3. The number of rotatable bonds is 9. The molecule has 0 aliphatic heterocycles. The first-order chi connectivity index (χ1) is 11.2. The predicted octanol–water partition coefficient (Wildman–Crippen LogP) is 7.86. The second kappa shape index (κ2) is 10.4. The fourth-order valence-electron chi connectivity index (χ4n) is 5.32. The summed E-state index contributed by atoms with van der Waals surface area (Å²) in [7, 11) is 0. The maximum Gasteiger partial charge on any atom is 0.0157 e. The van der Waals surface area contributed by atoms with Crippen LogP contribution in [0.4, 0.5) is 0 Å². The summed E-state index contributed by atoms with van der Waals surface area (Å²) in [5, 5.41) is 0. The van der Waals surface area contributed by atoms with Crippen molar-refractivity contribution in [3.05, 3.63) is 0 Å². The fraction of sp³-hybridized carbons (Fsp3) is 1.00. The van der Waals surface area contributed by atoms with Crippen molar-refractivity contribution < 1.29 is 0 Å². The molecule has 0 nitrogen and oxygen atoms in total. The van der Waals surface area contributed by atoms with Crippen LogP contribution in [-0.2, 0) is 0 Å². The van der Waals surface area contributed by atoms with E-state index in [-0.39, 0.29) is 0 Å². The zero-order chi connectivity index (χ0) is 16.5. The Morgan fingerprint density at radius 2 is 1.39 bits per heavy atom. The van der Waals surface area contributed by atoms with E-state index in [1.54, 1.807) is 25.7 Å². The SMILES string of the molecule is CCCCCC1CCC(C2CCC(CCCC)(SC)CC2)CC1. The molecule has 2 saturated carbocycles. The van der Waals surface area contributed by atoms with E-state index in [0.717, 1.165) is 17.8 Å². The molecular formula is C22H42S. The van der Waals surface area contributed by atoms with Crippen molar-refractivity contribution in [1.82, 2.24) is 0 Å². The summed E-state index contributed by atoms with van der Waals surface area (Å²) in [6.45, 7) is 4.67. The molecule has 0 aromatic carbocycles. The third-order valence-electron chi connectivity index (χ3n) is 7.13. The van der Waals surface area contributed by atoms with E-state index in [0.29, 0.717) is 4.75 Å². The quantitative estimate of drug-likeness (QED) is 0.386. The van der Waals surface area contributed by atoms with Gasteiger partial charge in [-0.1, -0.05) is 65.2 Å². The van der Waals surface area contributed by atoms with E-state index in [9.17, 15) is 0 Å².